The molecular formula is C13H26N2O. The second kappa shape index (κ2) is 5.67. The van der Waals surface area contributed by atoms with Crippen LogP contribution < -0.4 is 5.32 Å². The Bertz CT molecular complexity index is 232. The average molecular weight is 226 g/mol. The van der Waals surface area contributed by atoms with Crippen molar-refractivity contribution < 1.29 is 4.79 Å². The first kappa shape index (κ1) is 13.5. The summed E-state index contributed by atoms with van der Waals surface area (Å²) in [6, 6.07) is 0. The molecule has 1 amide bonds. The van der Waals surface area contributed by atoms with Gasteiger partial charge in [-0.2, -0.15) is 0 Å². The summed E-state index contributed by atoms with van der Waals surface area (Å²) in [5, 5.41) is 3.12. The summed E-state index contributed by atoms with van der Waals surface area (Å²) in [6.45, 7) is 4.86. The zero-order valence-electron chi connectivity index (χ0n) is 11.2. The smallest absolute Gasteiger partial charge is 0.222 e. The minimum absolute atomic E-state index is 0.139. The van der Waals surface area contributed by atoms with E-state index in [9.17, 15) is 4.79 Å². The molecule has 1 rings (SSSR count). The number of carbonyl (C=O) groups is 1. The first-order valence-electron chi connectivity index (χ1n) is 6.47. The highest BCUT2D eigenvalue weighted by atomic mass is 16.1. The predicted octanol–water partition coefficient (Wildman–Crippen LogP) is 2.02. The zero-order chi connectivity index (χ0) is 12.2. The van der Waals surface area contributed by atoms with Crippen molar-refractivity contribution in [2.45, 2.75) is 51.5 Å². The monoisotopic (exact) mass is 226 g/mol. The van der Waals surface area contributed by atoms with Crippen LogP contribution in [0.3, 0.4) is 0 Å². The second-order valence-corrected chi connectivity index (χ2v) is 5.35. The number of hydrogen-bond donors (Lipinski definition) is 1. The number of amides is 1. The van der Waals surface area contributed by atoms with Gasteiger partial charge in [-0.3, -0.25) is 4.79 Å². The molecular weight excluding hydrogens is 200 g/mol. The molecule has 1 aliphatic carbocycles. The standard InChI is InChI=1S/C13H26N2O/c1-5-11(2)12(16)14-10-13(15(3)4)8-6-7-9-13/h11H,5-10H2,1-4H3,(H,14,16)/t11-/m1/s1. The summed E-state index contributed by atoms with van der Waals surface area (Å²) in [5.41, 5.74) is 0.211. The molecule has 1 aliphatic rings. The second-order valence-electron chi connectivity index (χ2n) is 5.35. The Morgan fingerprint density at radius 2 is 1.94 bits per heavy atom. The van der Waals surface area contributed by atoms with Crippen LogP contribution >= 0.6 is 0 Å². The van der Waals surface area contributed by atoms with Crippen molar-refractivity contribution in [3.63, 3.8) is 0 Å². The van der Waals surface area contributed by atoms with Crippen LogP contribution in [0.4, 0.5) is 0 Å². The van der Waals surface area contributed by atoms with E-state index < -0.39 is 0 Å². The lowest BCUT2D eigenvalue weighted by Gasteiger charge is -2.36. The normalized spacial score (nSPS) is 21.1. The molecule has 1 N–H and O–H groups in total. The molecule has 0 saturated heterocycles. The van der Waals surface area contributed by atoms with E-state index in [4.69, 9.17) is 0 Å². The molecule has 0 aromatic carbocycles. The fourth-order valence-electron chi connectivity index (χ4n) is 2.43. The maximum Gasteiger partial charge on any atom is 0.222 e. The molecule has 3 heteroatoms. The van der Waals surface area contributed by atoms with Crippen LogP contribution in [-0.2, 0) is 4.79 Å². The number of hydrogen-bond acceptors (Lipinski definition) is 2. The topological polar surface area (TPSA) is 32.3 Å². The number of nitrogens with one attached hydrogen (secondary N) is 1. The number of nitrogens with zero attached hydrogens (tertiary/aromatic N) is 1. The zero-order valence-corrected chi connectivity index (χ0v) is 11.2. The van der Waals surface area contributed by atoms with Crippen LogP contribution in [0.15, 0.2) is 0 Å². The van der Waals surface area contributed by atoms with Crippen LogP contribution in [0.25, 0.3) is 0 Å². The molecule has 1 fully saturated rings. The molecule has 0 heterocycles. The molecule has 0 aromatic heterocycles. The molecule has 0 spiro atoms. The summed E-state index contributed by atoms with van der Waals surface area (Å²) in [5.74, 6) is 0.344. The van der Waals surface area contributed by atoms with Gasteiger partial charge >= 0.3 is 0 Å². The Kier molecular flexibility index (Phi) is 4.78. The van der Waals surface area contributed by atoms with Crippen molar-refractivity contribution in [3.8, 4) is 0 Å². The summed E-state index contributed by atoms with van der Waals surface area (Å²) >= 11 is 0. The lowest BCUT2D eigenvalue weighted by molar-refractivity contribution is -0.125. The highest BCUT2D eigenvalue weighted by molar-refractivity contribution is 5.78. The molecule has 0 aliphatic heterocycles. The molecule has 0 bridgehead atoms. The van der Waals surface area contributed by atoms with Crippen molar-refractivity contribution in [3.05, 3.63) is 0 Å². The van der Waals surface area contributed by atoms with Crippen LogP contribution in [0.5, 0.6) is 0 Å². The Labute approximate surface area is 99.6 Å². The van der Waals surface area contributed by atoms with Gasteiger partial charge in [0, 0.05) is 18.0 Å². The van der Waals surface area contributed by atoms with Gasteiger partial charge < -0.3 is 10.2 Å². The van der Waals surface area contributed by atoms with E-state index in [0.29, 0.717) is 0 Å². The van der Waals surface area contributed by atoms with Crippen molar-refractivity contribution >= 4 is 5.91 Å². The van der Waals surface area contributed by atoms with Crippen molar-refractivity contribution in [2.75, 3.05) is 20.6 Å². The first-order valence-corrected chi connectivity index (χ1v) is 6.47. The van der Waals surface area contributed by atoms with Gasteiger partial charge in [-0.25, -0.2) is 0 Å². The molecule has 94 valence electrons. The quantitative estimate of drug-likeness (QED) is 0.778. The Morgan fingerprint density at radius 1 is 1.38 bits per heavy atom. The SMILES string of the molecule is CC[C@@H](C)C(=O)NCC1(N(C)C)CCCC1. The Hall–Kier alpha value is -0.570. The van der Waals surface area contributed by atoms with Gasteiger partial charge in [0.2, 0.25) is 5.91 Å². The van der Waals surface area contributed by atoms with E-state index >= 15 is 0 Å². The Morgan fingerprint density at radius 3 is 2.38 bits per heavy atom. The highest BCUT2D eigenvalue weighted by Crippen LogP contribution is 2.33. The van der Waals surface area contributed by atoms with E-state index in [1.54, 1.807) is 0 Å². The maximum atomic E-state index is 11.8. The molecule has 3 nitrogen and oxygen atoms in total. The Balaban J connectivity index is 2.48. The van der Waals surface area contributed by atoms with Gasteiger partial charge in [0.25, 0.3) is 0 Å². The first-order chi connectivity index (χ1) is 7.52. The lowest BCUT2D eigenvalue weighted by atomic mass is 9.95. The molecule has 1 saturated carbocycles. The minimum atomic E-state index is 0.139. The third-order valence-electron chi connectivity index (χ3n) is 4.13. The average Bonchev–Trinajstić information content (AvgIpc) is 2.74. The van der Waals surface area contributed by atoms with Gasteiger partial charge in [-0.05, 0) is 33.4 Å². The van der Waals surface area contributed by atoms with Crippen molar-refractivity contribution in [1.82, 2.24) is 10.2 Å². The molecule has 0 aromatic rings. The molecule has 0 radical (unpaired) electrons. The predicted molar refractivity (Wildman–Crippen MR) is 67.4 cm³/mol. The van der Waals surface area contributed by atoms with E-state index in [0.717, 1.165) is 13.0 Å². The molecule has 16 heavy (non-hydrogen) atoms. The van der Waals surface area contributed by atoms with Gasteiger partial charge in [0.05, 0.1) is 0 Å². The van der Waals surface area contributed by atoms with E-state index in [1.807, 2.05) is 6.92 Å². The van der Waals surface area contributed by atoms with Gasteiger partial charge in [0.1, 0.15) is 0 Å². The van der Waals surface area contributed by atoms with Crippen LogP contribution in [-0.4, -0.2) is 37.0 Å². The van der Waals surface area contributed by atoms with Crippen LogP contribution in [0.1, 0.15) is 46.0 Å². The molecule has 1 atom stereocenters. The van der Waals surface area contributed by atoms with Crippen molar-refractivity contribution in [1.29, 1.82) is 0 Å². The number of carbonyl (C=O) groups excluding carboxylic acids is 1. The van der Waals surface area contributed by atoms with E-state index in [1.165, 1.54) is 25.7 Å². The summed E-state index contributed by atoms with van der Waals surface area (Å²) in [7, 11) is 4.25. The number of likely N-dealkylation sites (N-methyl/N-ethyl adjacent to an activating group) is 1. The van der Waals surface area contributed by atoms with Gasteiger partial charge in [-0.15, -0.1) is 0 Å². The molecule has 0 unspecified atom stereocenters. The van der Waals surface area contributed by atoms with Gasteiger partial charge in [0.15, 0.2) is 0 Å². The third-order valence-corrected chi connectivity index (χ3v) is 4.13. The van der Waals surface area contributed by atoms with Gasteiger partial charge in [-0.1, -0.05) is 26.7 Å². The van der Waals surface area contributed by atoms with Crippen molar-refractivity contribution in [2.24, 2.45) is 5.92 Å². The third kappa shape index (κ3) is 2.97. The maximum absolute atomic E-state index is 11.8. The van der Waals surface area contributed by atoms with Crippen LogP contribution in [0, 0.1) is 5.92 Å². The minimum Gasteiger partial charge on any atom is -0.354 e. The number of rotatable bonds is 5. The van der Waals surface area contributed by atoms with E-state index in [-0.39, 0.29) is 17.4 Å². The van der Waals surface area contributed by atoms with E-state index in [2.05, 4.69) is 31.2 Å². The summed E-state index contributed by atoms with van der Waals surface area (Å²) in [6.07, 6.45) is 5.91. The fourth-order valence-corrected chi connectivity index (χ4v) is 2.43. The van der Waals surface area contributed by atoms with Crippen LogP contribution in [0.2, 0.25) is 0 Å². The fraction of sp³-hybridized carbons (Fsp3) is 0.923. The summed E-state index contributed by atoms with van der Waals surface area (Å²) < 4.78 is 0. The summed E-state index contributed by atoms with van der Waals surface area (Å²) in [4.78, 5) is 14.1. The highest BCUT2D eigenvalue weighted by Gasteiger charge is 2.36. The lowest BCUT2D eigenvalue weighted by Crippen LogP contribution is -2.51. The largest absolute Gasteiger partial charge is 0.354 e.